The molecule has 1 saturated heterocycles. The van der Waals surface area contributed by atoms with Crippen molar-refractivity contribution in [2.45, 2.75) is 6.54 Å². The molecule has 1 heterocycles. The SMILES string of the molecule is Ic1ccc(C[NH+]2CCOCC2)cc1. The molecule has 14 heavy (non-hydrogen) atoms. The van der Waals surface area contributed by atoms with E-state index in [0.717, 1.165) is 32.8 Å². The molecular weight excluding hydrogens is 289 g/mol. The summed E-state index contributed by atoms with van der Waals surface area (Å²) in [4.78, 5) is 1.64. The number of halogens is 1. The summed E-state index contributed by atoms with van der Waals surface area (Å²) in [6, 6.07) is 8.81. The van der Waals surface area contributed by atoms with Crippen molar-refractivity contribution in [2.75, 3.05) is 26.3 Å². The van der Waals surface area contributed by atoms with E-state index in [1.165, 1.54) is 9.13 Å². The second-order valence-electron chi connectivity index (χ2n) is 3.67. The van der Waals surface area contributed by atoms with Gasteiger partial charge in [0.25, 0.3) is 0 Å². The maximum absolute atomic E-state index is 5.33. The third kappa shape index (κ3) is 2.93. The Morgan fingerprint density at radius 1 is 1.14 bits per heavy atom. The Bertz CT molecular complexity index is 280. The first-order valence-corrected chi connectivity index (χ1v) is 6.08. The first-order valence-electron chi connectivity index (χ1n) is 5.00. The zero-order chi connectivity index (χ0) is 9.80. The molecule has 1 aromatic rings. The van der Waals surface area contributed by atoms with Gasteiger partial charge < -0.3 is 9.64 Å². The highest BCUT2D eigenvalue weighted by Gasteiger charge is 2.13. The largest absolute Gasteiger partial charge is 0.370 e. The summed E-state index contributed by atoms with van der Waals surface area (Å²) < 4.78 is 6.64. The normalized spacial score (nSPS) is 18.4. The van der Waals surface area contributed by atoms with Crippen LogP contribution in [-0.4, -0.2) is 26.3 Å². The van der Waals surface area contributed by atoms with Crippen LogP contribution in [0.15, 0.2) is 24.3 Å². The number of quaternary nitrogens is 1. The number of hydrogen-bond acceptors (Lipinski definition) is 1. The Balaban J connectivity index is 1.92. The van der Waals surface area contributed by atoms with Crippen LogP contribution in [0.3, 0.4) is 0 Å². The van der Waals surface area contributed by atoms with Gasteiger partial charge in [0.05, 0.1) is 13.2 Å². The van der Waals surface area contributed by atoms with Crippen LogP contribution in [0.1, 0.15) is 5.56 Å². The Labute approximate surface area is 98.4 Å². The van der Waals surface area contributed by atoms with Crippen LogP contribution in [0.4, 0.5) is 0 Å². The second-order valence-corrected chi connectivity index (χ2v) is 4.91. The van der Waals surface area contributed by atoms with Crippen LogP contribution in [-0.2, 0) is 11.3 Å². The predicted octanol–water partition coefficient (Wildman–Crippen LogP) is 0.706. The fourth-order valence-corrected chi connectivity index (χ4v) is 2.09. The summed E-state index contributed by atoms with van der Waals surface area (Å²) >= 11 is 2.34. The van der Waals surface area contributed by atoms with Gasteiger partial charge >= 0.3 is 0 Å². The van der Waals surface area contributed by atoms with E-state index in [4.69, 9.17) is 4.74 Å². The van der Waals surface area contributed by atoms with E-state index in [0.29, 0.717) is 0 Å². The summed E-state index contributed by atoms with van der Waals surface area (Å²) in [5.41, 5.74) is 1.43. The molecule has 1 fully saturated rings. The van der Waals surface area contributed by atoms with Crippen molar-refractivity contribution in [3.05, 3.63) is 33.4 Å². The Morgan fingerprint density at radius 3 is 2.43 bits per heavy atom. The van der Waals surface area contributed by atoms with Crippen molar-refractivity contribution in [1.29, 1.82) is 0 Å². The van der Waals surface area contributed by atoms with E-state index in [-0.39, 0.29) is 0 Å². The smallest absolute Gasteiger partial charge is 0.103 e. The lowest BCUT2D eigenvalue weighted by Crippen LogP contribution is -3.12. The number of nitrogens with one attached hydrogen (secondary N) is 1. The van der Waals surface area contributed by atoms with Gasteiger partial charge in [0.1, 0.15) is 19.6 Å². The van der Waals surface area contributed by atoms with Gasteiger partial charge in [-0.15, -0.1) is 0 Å². The molecule has 0 aliphatic carbocycles. The molecule has 1 aromatic carbocycles. The van der Waals surface area contributed by atoms with E-state index in [9.17, 15) is 0 Å². The number of rotatable bonds is 2. The van der Waals surface area contributed by atoms with Gasteiger partial charge in [0, 0.05) is 9.13 Å². The molecule has 0 atom stereocenters. The summed E-state index contributed by atoms with van der Waals surface area (Å²) in [6.07, 6.45) is 0. The monoisotopic (exact) mass is 304 g/mol. The Kier molecular flexibility index (Phi) is 3.78. The molecule has 0 amide bonds. The van der Waals surface area contributed by atoms with Crippen LogP contribution in [0.5, 0.6) is 0 Å². The van der Waals surface area contributed by atoms with Crippen LogP contribution in [0.25, 0.3) is 0 Å². The van der Waals surface area contributed by atoms with Crippen molar-refractivity contribution >= 4 is 22.6 Å². The third-order valence-electron chi connectivity index (χ3n) is 2.57. The predicted molar refractivity (Wildman–Crippen MR) is 64.4 cm³/mol. The van der Waals surface area contributed by atoms with Crippen LogP contribution >= 0.6 is 22.6 Å². The molecule has 2 rings (SSSR count). The minimum atomic E-state index is 0.916. The molecule has 1 aliphatic rings. The molecule has 0 saturated carbocycles. The van der Waals surface area contributed by atoms with Crippen molar-refractivity contribution in [3.63, 3.8) is 0 Å². The average molecular weight is 304 g/mol. The quantitative estimate of drug-likeness (QED) is 0.795. The minimum Gasteiger partial charge on any atom is -0.370 e. The number of morpholine rings is 1. The molecule has 2 nitrogen and oxygen atoms in total. The molecule has 1 aliphatic heterocycles. The Morgan fingerprint density at radius 2 is 1.79 bits per heavy atom. The molecule has 3 heteroatoms. The zero-order valence-corrected chi connectivity index (χ0v) is 10.3. The van der Waals surface area contributed by atoms with E-state index in [1.54, 1.807) is 4.90 Å². The highest BCUT2D eigenvalue weighted by molar-refractivity contribution is 14.1. The fourth-order valence-electron chi connectivity index (χ4n) is 1.73. The molecule has 0 unspecified atom stereocenters. The summed E-state index contributed by atoms with van der Waals surface area (Å²) in [5.74, 6) is 0. The van der Waals surface area contributed by atoms with Crippen LogP contribution in [0, 0.1) is 3.57 Å². The topological polar surface area (TPSA) is 13.7 Å². The first-order chi connectivity index (χ1) is 6.84. The van der Waals surface area contributed by atoms with Gasteiger partial charge in [0.15, 0.2) is 0 Å². The van der Waals surface area contributed by atoms with E-state index >= 15 is 0 Å². The van der Waals surface area contributed by atoms with Crippen LogP contribution in [0.2, 0.25) is 0 Å². The van der Waals surface area contributed by atoms with E-state index < -0.39 is 0 Å². The maximum Gasteiger partial charge on any atom is 0.103 e. The van der Waals surface area contributed by atoms with Crippen molar-refractivity contribution < 1.29 is 9.64 Å². The summed E-state index contributed by atoms with van der Waals surface area (Å²) in [5, 5.41) is 0. The summed E-state index contributed by atoms with van der Waals surface area (Å²) in [7, 11) is 0. The third-order valence-corrected chi connectivity index (χ3v) is 3.29. The van der Waals surface area contributed by atoms with Gasteiger partial charge in [-0.25, -0.2) is 0 Å². The van der Waals surface area contributed by atoms with Crippen molar-refractivity contribution in [3.8, 4) is 0 Å². The van der Waals surface area contributed by atoms with Gasteiger partial charge in [-0.1, -0.05) is 12.1 Å². The van der Waals surface area contributed by atoms with Crippen LogP contribution < -0.4 is 4.90 Å². The lowest BCUT2D eigenvalue weighted by Gasteiger charge is -2.23. The van der Waals surface area contributed by atoms with E-state index in [2.05, 4.69) is 46.9 Å². The molecule has 0 spiro atoms. The van der Waals surface area contributed by atoms with Gasteiger partial charge in [-0.3, -0.25) is 0 Å². The zero-order valence-electron chi connectivity index (χ0n) is 8.13. The highest BCUT2D eigenvalue weighted by atomic mass is 127. The molecule has 0 bridgehead atoms. The minimum absolute atomic E-state index is 0.916. The molecular formula is C11H15INO+. The molecule has 0 radical (unpaired) electrons. The fraction of sp³-hybridized carbons (Fsp3) is 0.455. The number of ether oxygens (including phenoxy) is 1. The number of hydrogen-bond donors (Lipinski definition) is 1. The number of benzene rings is 1. The lowest BCUT2D eigenvalue weighted by atomic mass is 10.2. The molecule has 0 aromatic heterocycles. The first kappa shape index (κ1) is 10.4. The van der Waals surface area contributed by atoms with Crippen molar-refractivity contribution in [1.82, 2.24) is 0 Å². The molecule has 76 valence electrons. The van der Waals surface area contributed by atoms with E-state index in [1.807, 2.05) is 0 Å². The molecule has 1 N–H and O–H groups in total. The second kappa shape index (κ2) is 5.09. The maximum atomic E-state index is 5.33. The standard InChI is InChI=1S/C11H14INO/c12-11-3-1-10(2-4-11)9-13-5-7-14-8-6-13/h1-4H,5-9H2/p+1. The Hall–Kier alpha value is -0.130. The van der Waals surface area contributed by atoms with Gasteiger partial charge in [-0.2, -0.15) is 0 Å². The van der Waals surface area contributed by atoms with Crippen molar-refractivity contribution in [2.24, 2.45) is 0 Å². The summed E-state index contributed by atoms with van der Waals surface area (Å²) in [6.45, 7) is 5.26. The van der Waals surface area contributed by atoms with Gasteiger partial charge in [0.2, 0.25) is 0 Å². The highest BCUT2D eigenvalue weighted by Crippen LogP contribution is 2.05. The van der Waals surface area contributed by atoms with Gasteiger partial charge in [-0.05, 0) is 34.7 Å². The lowest BCUT2D eigenvalue weighted by molar-refractivity contribution is -0.921. The average Bonchev–Trinajstić information content (AvgIpc) is 2.23.